The SMILES string of the molecule is NC1NC2CCC(=O)NC2S1. The molecule has 2 heterocycles. The maximum atomic E-state index is 10.9. The number of nitrogens with two attached hydrogens (primary N) is 1. The smallest absolute Gasteiger partial charge is 0.220 e. The number of piperidine rings is 1. The number of rotatable bonds is 0. The molecule has 5 heteroatoms. The predicted octanol–water partition coefficient (Wildman–Crippen LogP) is -0.830. The van der Waals surface area contributed by atoms with Crippen LogP contribution in [0.3, 0.4) is 0 Å². The molecule has 2 fully saturated rings. The van der Waals surface area contributed by atoms with Crippen molar-refractivity contribution >= 4 is 17.7 Å². The second kappa shape index (κ2) is 2.66. The molecule has 2 rings (SSSR count). The molecular formula is C6H11N3OS. The van der Waals surface area contributed by atoms with Gasteiger partial charge in [0.1, 0.15) is 5.50 Å². The van der Waals surface area contributed by atoms with Crippen LogP contribution in [-0.2, 0) is 4.79 Å². The second-order valence-corrected chi connectivity index (χ2v) is 4.14. The molecule has 0 saturated carbocycles. The number of thioether (sulfide) groups is 1. The van der Waals surface area contributed by atoms with Gasteiger partial charge >= 0.3 is 0 Å². The highest BCUT2D eigenvalue weighted by atomic mass is 32.2. The first-order valence-corrected chi connectivity index (χ1v) is 4.66. The third-order valence-corrected chi connectivity index (χ3v) is 3.19. The summed E-state index contributed by atoms with van der Waals surface area (Å²) < 4.78 is 0. The zero-order valence-electron chi connectivity index (χ0n) is 6.04. The van der Waals surface area contributed by atoms with E-state index in [-0.39, 0.29) is 16.8 Å². The van der Waals surface area contributed by atoms with Crippen molar-refractivity contribution in [3.05, 3.63) is 0 Å². The summed E-state index contributed by atoms with van der Waals surface area (Å²) in [6, 6.07) is 0.382. The first kappa shape index (κ1) is 7.39. The fourth-order valence-corrected chi connectivity index (χ4v) is 2.65. The third kappa shape index (κ3) is 1.36. The van der Waals surface area contributed by atoms with Gasteiger partial charge in [0.2, 0.25) is 5.91 Å². The van der Waals surface area contributed by atoms with E-state index in [1.54, 1.807) is 11.8 Å². The normalized spacial score (nSPS) is 43.4. The zero-order chi connectivity index (χ0) is 7.84. The van der Waals surface area contributed by atoms with Gasteiger partial charge in [-0.15, -0.1) is 11.8 Å². The number of nitrogens with one attached hydrogen (secondary N) is 2. The minimum absolute atomic E-state index is 0.0107. The number of amides is 1. The Bertz CT molecular complexity index is 187. The van der Waals surface area contributed by atoms with Crippen molar-refractivity contribution in [2.24, 2.45) is 5.73 Å². The van der Waals surface area contributed by atoms with Crippen molar-refractivity contribution in [3.8, 4) is 0 Å². The highest BCUT2D eigenvalue weighted by Gasteiger charge is 2.36. The number of carbonyl (C=O) groups is 1. The van der Waals surface area contributed by atoms with Crippen LogP contribution < -0.4 is 16.4 Å². The van der Waals surface area contributed by atoms with E-state index in [1.807, 2.05) is 0 Å². The summed E-state index contributed by atoms with van der Waals surface area (Å²) in [5, 5.41) is 6.29. The van der Waals surface area contributed by atoms with Gasteiger partial charge in [0.25, 0.3) is 0 Å². The van der Waals surface area contributed by atoms with Crippen molar-refractivity contribution in [2.45, 2.75) is 29.8 Å². The largest absolute Gasteiger partial charge is 0.343 e. The Balaban J connectivity index is 2.02. The quantitative estimate of drug-likeness (QED) is 0.447. The van der Waals surface area contributed by atoms with Crippen LogP contribution in [0.1, 0.15) is 12.8 Å². The Morgan fingerprint density at radius 1 is 1.64 bits per heavy atom. The van der Waals surface area contributed by atoms with Gasteiger partial charge < -0.3 is 11.1 Å². The molecule has 0 aromatic heterocycles. The first-order chi connectivity index (χ1) is 5.25. The molecule has 0 radical (unpaired) electrons. The van der Waals surface area contributed by atoms with Gasteiger partial charge in [-0.25, -0.2) is 0 Å². The molecule has 62 valence electrons. The highest BCUT2D eigenvalue weighted by Crippen LogP contribution is 2.27. The van der Waals surface area contributed by atoms with Crippen LogP contribution in [0.5, 0.6) is 0 Å². The maximum Gasteiger partial charge on any atom is 0.220 e. The van der Waals surface area contributed by atoms with E-state index in [1.165, 1.54) is 0 Å². The van der Waals surface area contributed by atoms with Crippen LogP contribution in [-0.4, -0.2) is 22.8 Å². The van der Waals surface area contributed by atoms with Crippen molar-refractivity contribution in [2.75, 3.05) is 0 Å². The number of hydrogen-bond donors (Lipinski definition) is 3. The molecule has 3 atom stereocenters. The summed E-state index contributed by atoms with van der Waals surface area (Å²) in [4.78, 5) is 10.9. The standard InChI is InChI=1S/C6H11N3OS/c7-6-8-3-1-2-4(10)9-5(3)11-6/h3,5-6,8H,1-2,7H2,(H,9,10). The summed E-state index contributed by atoms with van der Waals surface area (Å²) in [5.41, 5.74) is 5.63. The highest BCUT2D eigenvalue weighted by molar-refractivity contribution is 8.00. The summed E-state index contributed by atoms with van der Waals surface area (Å²) in [6.07, 6.45) is 1.54. The molecule has 3 unspecified atom stereocenters. The summed E-state index contributed by atoms with van der Waals surface area (Å²) in [6.45, 7) is 0. The molecule has 2 aliphatic heterocycles. The lowest BCUT2D eigenvalue weighted by Gasteiger charge is -2.24. The van der Waals surface area contributed by atoms with Crippen molar-refractivity contribution in [1.82, 2.24) is 10.6 Å². The zero-order valence-corrected chi connectivity index (χ0v) is 6.86. The third-order valence-electron chi connectivity index (χ3n) is 2.02. The first-order valence-electron chi connectivity index (χ1n) is 3.72. The van der Waals surface area contributed by atoms with Crippen LogP contribution in [0, 0.1) is 0 Å². The Hall–Kier alpha value is -0.260. The fraction of sp³-hybridized carbons (Fsp3) is 0.833. The summed E-state index contributed by atoms with van der Waals surface area (Å²) >= 11 is 1.59. The van der Waals surface area contributed by atoms with Gasteiger partial charge in [0.05, 0.1) is 5.37 Å². The average Bonchev–Trinajstić information content (AvgIpc) is 2.27. The molecule has 0 aromatic carbocycles. The van der Waals surface area contributed by atoms with E-state index < -0.39 is 0 Å². The van der Waals surface area contributed by atoms with Crippen molar-refractivity contribution in [3.63, 3.8) is 0 Å². The van der Waals surface area contributed by atoms with E-state index in [9.17, 15) is 4.79 Å². The Kier molecular flexibility index (Phi) is 1.78. The van der Waals surface area contributed by atoms with Gasteiger partial charge in [-0.3, -0.25) is 10.1 Å². The van der Waals surface area contributed by atoms with Gasteiger partial charge in [-0.2, -0.15) is 0 Å². The summed E-state index contributed by atoms with van der Waals surface area (Å²) in [7, 11) is 0. The van der Waals surface area contributed by atoms with Gasteiger partial charge in [-0.05, 0) is 6.42 Å². The lowest BCUT2D eigenvalue weighted by Crippen LogP contribution is -2.48. The number of hydrogen-bond acceptors (Lipinski definition) is 4. The molecule has 0 bridgehead atoms. The Morgan fingerprint density at radius 3 is 3.27 bits per heavy atom. The lowest BCUT2D eigenvalue weighted by atomic mass is 10.1. The van der Waals surface area contributed by atoms with Crippen LogP contribution in [0.25, 0.3) is 0 Å². The molecule has 2 saturated heterocycles. The van der Waals surface area contributed by atoms with Crippen molar-refractivity contribution in [1.29, 1.82) is 0 Å². The minimum atomic E-state index is -0.0107. The minimum Gasteiger partial charge on any atom is -0.343 e. The topological polar surface area (TPSA) is 67.1 Å². The fourth-order valence-electron chi connectivity index (χ4n) is 1.48. The van der Waals surface area contributed by atoms with E-state index in [0.29, 0.717) is 12.5 Å². The second-order valence-electron chi connectivity index (χ2n) is 2.86. The van der Waals surface area contributed by atoms with E-state index in [4.69, 9.17) is 5.73 Å². The Labute approximate surface area is 69.3 Å². The molecule has 0 aromatic rings. The number of carbonyl (C=O) groups excluding carboxylic acids is 1. The van der Waals surface area contributed by atoms with E-state index >= 15 is 0 Å². The molecule has 0 aliphatic carbocycles. The molecular weight excluding hydrogens is 162 g/mol. The molecule has 0 spiro atoms. The monoisotopic (exact) mass is 173 g/mol. The van der Waals surface area contributed by atoms with Gasteiger partial charge in [0.15, 0.2) is 0 Å². The van der Waals surface area contributed by atoms with Gasteiger partial charge in [0, 0.05) is 12.5 Å². The van der Waals surface area contributed by atoms with Crippen LogP contribution in [0.15, 0.2) is 0 Å². The van der Waals surface area contributed by atoms with Gasteiger partial charge in [-0.1, -0.05) is 0 Å². The molecule has 11 heavy (non-hydrogen) atoms. The van der Waals surface area contributed by atoms with E-state index in [0.717, 1.165) is 6.42 Å². The summed E-state index contributed by atoms with van der Waals surface area (Å²) in [5.74, 6) is 0.148. The van der Waals surface area contributed by atoms with Crippen LogP contribution >= 0.6 is 11.8 Å². The molecule has 4 N–H and O–H groups in total. The van der Waals surface area contributed by atoms with Crippen LogP contribution in [0.4, 0.5) is 0 Å². The number of fused-ring (bicyclic) bond motifs is 1. The van der Waals surface area contributed by atoms with E-state index in [2.05, 4.69) is 10.6 Å². The molecule has 1 amide bonds. The molecule has 2 aliphatic rings. The van der Waals surface area contributed by atoms with Crippen LogP contribution in [0.2, 0.25) is 0 Å². The lowest BCUT2D eigenvalue weighted by molar-refractivity contribution is -0.122. The maximum absolute atomic E-state index is 10.9. The Morgan fingerprint density at radius 2 is 2.45 bits per heavy atom. The average molecular weight is 173 g/mol. The molecule has 4 nitrogen and oxygen atoms in total. The predicted molar refractivity (Wildman–Crippen MR) is 43.7 cm³/mol. The van der Waals surface area contributed by atoms with Crippen molar-refractivity contribution < 1.29 is 4.79 Å².